The molecule has 116 valence electrons. The third kappa shape index (κ3) is 5.70. The number of esters is 1. The molecule has 3 heteroatoms. The molecule has 0 radical (unpaired) electrons. The lowest BCUT2D eigenvalue weighted by Gasteiger charge is -2.25. The van der Waals surface area contributed by atoms with Crippen molar-refractivity contribution < 1.29 is 9.53 Å². The molecule has 0 bridgehead atoms. The minimum absolute atomic E-state index is 0.120. The van der Waals surface area contributed by atoms with Gasteiger partial charge in [-0.15, -0.1) is 0 Å². The molecule has 0 aliphatic heterocycles. The Labute approximate surface area is 132 Å². The van der Waals surface area contributed by atoms with E-state index in [1.54, 1.807) is 0 Å². The van der Waals surface area contributed by atoms with Gasteiger partial charge in [-0.05, 0) is 18.1 Å². The predicted molar refractivity (Wildman–Crippen MR) is 88.2 cm³/mol. The summed E-state index contributed by atoms with van der Waals surface area (Å²) in [7, 11) is 0. The normalized spacial score (nSPS) is 12.1. The smallest absolute Gasteiger partial charge is 0.302 e. The van der Waals surface area contributed by atoms with Crippen LogP contribution < -0.4 is 0 Å². The first-order chi connectivity index (χ1) is 10.6. The van der Waals surface area contributed by atoms with Crippen LogP contribution in [0.4, 0.5) is 0 Å². The molecule has 0 aliphatic carbocycles. The van der Waals surface area contributed by atoms with Crippen LogP contribution in [0.2, 0.25) is 0 Å². The highest BCUT2D eigenvalue weighted by Gasteiger charge is 2.13. The number of hydrogen-bond acceptors (Lipinski definition) is 3. The molecule has 22 heavy (non-hydrogen) atoms. The molecule has 1 atom stereocenters. The molecule has 0 saturated carbocycles. The lowest BCUT2D eigenvalue weighted by Crippen LogP contribution is -2.32. The molecular weight excluding hydrogens is 274 g/mol. The second-order valence-corrected chi connectivity index (χ2v) is 5.56. The molecule has 0 aliphatic rings. The number of benzene rings is 2. The summed E-state index contributed by atoms with van der Waals surface area (Å²) in [6.07, 6.45) is -0.120. The number of ether oxygens (including phenoxy) is 1. The molecule has 0 unspecified atom stereocenters. The van der Waals surface area contributed by atoms with Crippen LogP contribution in [0.25, 0.3) is 0 Å². The van der Waals surface area contributed by atoms with Crippen molar-refractivity contribution >= 4 is 5.97 Å². The van der Waals surface area contributed by atoms with E-state index in [2.05, 4.69) is 29.2 Å². The van der Waals surface area contributed by atoms with Crippen LogP contribution in [-0.2, 0) is 22.6 Å². The maximum Gasteiger partial charge on any atom is 0.302 e. The highest BCUT2D eigenvalue weighted by Crippen LogP contribution is 2.11. The van der Waals surface area contributed by atoms with E-state index in [4.69, 9.17) is 4.74 Å². The summed E-state index contributed by atoms with van der Waals surface area (Å²) in [5.74, 6) is -0.230. The van der Waals surface area contributed by atoms with Crippen LogP contribution in [0.15, 0.2) is 60.7 Å². The van der Waals surface area contributed by atoms with Crippen LogP contribution >= 0.6 is 0 Å². The summed E-state index contributed by atoms with van der Waals surface area (Å²) in [6, 6.07) is 20.7. The Balaban J connectivity index is 2.04. The zero-order chi connectivity index (χ0) is 15.8. The van der Waals surface area contributed by atoms with Gasteiger partial charge in [-0.1, -0.05) is 60.7 Å². The Morgan fingerprint density at radius 2 is 1.41 bits per heavy atom. The van der Waals surface area contributed by atoms with E-state index >= 15 is 0 Å². The SMILES string of the molecule is CC(=O)O[C@H](C)CN(Cc1ccccc1)Cc1ccccc1. The molecule has 0 N–H and O–H groups in total. The summed E-state index contributed by atoms with van der Waals surface area (Å²) in [5.41, 5.74) is 2.52. The quantitative estimate of drug-likeness (QED) is 0.731. The minimum Gasteiger partial charge on any atom is -0.461 e. The molecule has 2 rings (SSSR count). The molecule has 0 spiro atoms. The van der Waals surface area contributed by atoms with Crippen molar-refractivity contribution in [2.24, 2.45) is 0 Å². The molecule has 0 aromatic heterocycles. The van der Waals surface area contributed by atoms with E-state index < -0.39 is 0 Å². The summed E-state index contributed by atoms with van der Waals surface area (Å²) in [4.78, 5) is 13.4. The summed E-state index contributed by atoms with van der Waals surface area (Å²) >= 11 is 0. The Hall–Kier alpha value is -2.13. The van der Waals surface area contributed by atoms with Crippen molar-refractivity contribution in [2.75, 3.05) is 6.54 Å². The van der Waals surface area contributed by atoms with Crippen LogP contribution in [0.1, 0.15) is 25.0 Å². The molecule has 0 saturated heterocycles. The average Bonchev–Trinajstić information content (AvgIpc) is 2.48. The van der Waals surface area contributed by atoms with Gasteiger partial charge in [-0.25, -0.2) is 0 Å². The third-order valence-corrected chi connectivity index (χ3v) is 3.38. The fourth-order valence-corrected chi connectivity index (χ4v) is 2.55. The van der Waals surface area contributed by atoms with Gasteiger partial charge in [0.25, 0.3) is 0 Å². The predicted octanol–water partition coefficient (Wildman–Crippen LogP) is 3.64. The summed E-state index contributed by atoms with van der Waals surface area (Å²) < 4.78 is 5.28. The Morgan fingerprint density at radius 1 is 0.955 bits per heavy atom. The van der Waals surface area contributed by atoms with E-state index in [9.17, 15) is 4.79 Å². The molecule has 3 nitrogen and oxygen atoms in total. The van der Waals surface area contributed by atoms with Gasteiger partial charge in [0.2, 0.25) is 0 Å². The van der Waals surface area contributed by atoms with Gasteiger partial charge < -0.3 is 4.74 Å². The van der Waals surface area contributed by atoms with Gasteiger partial charge in [0.05, 0.1) is 0 Å². The van der Waals surface area contributed by atoms with Crippen LogP contribution in [0, 0.1) is 0 Å². The molecule has 0 amide bonds. The summed E-state index contributed by atoms with van der Waals surface area (Å²) in [6.45, 7) is 5.77. The Bertz CT molecular complexity index is 527. The van der Waals surface area contributed by atoms with E-state index in [1.165, 1.54) is 18.1 Å². The largest absolute Gasteiger partial charge is 0.461 e. The van der Waals surface area contributed by atoms with Gasteiger partial charge in [-0.3, -0.25) is 9.69 Å². The maximum absolute atomic E-state index is 11.1. The number of hydrogen-bond donors (Lipinski definition) is 0. The van der Waals surface area contributed by atoms with E-state index in [0.29, 0.717) is 6.54 Å². The van der Waals surface area contributed by atoms with Crippen LogP contribution in [0.3, 0.4) is 0 Å². The zero-order valence-corrected chi connectivity index (χ0v) is 13.2. The number of carbonyl (C=O) groups is 1. The van der Waals surface area contributed by atoms with Gasteiger partial charge in [-0.2, -0.15) is 0 Å². The van der Waals surface area contributed by atoms with Crippen molar-refractivity contribution in [3.8, 4) is 0 Å². The van der Waals surface area contributed by atoms with Crippen molar-refractivity contribution in [2.45, 2.75) is 33.0 Å². The number of rotatable bonds is 7. The van der Waals surface area contributed by atoms with Gasteiger partial charge in [0.15, 0.2) is 0 Å². The highest BCUT2D eigenvalue weighted by atomic mass is 16.5. The summed E-state index contributed by atoms with van der Waals surface area (Å²) in [5, 5.41) is 0. The fraction of sp³-hybridized carbons (Fsp3) is 0.316. The topological polar surface area (TPSA) is 29.5 Å². The Kier molecular flexibility index (Phi) is 6.16. The fourth-order valence-electron chi connectivity index (χ4n) is 2.55. The van der Waals surface area contributed by atoms with Gasteiger partial charge >= 0.3 is 5.97 Å². The molecular formula is C19H23NO2. The van der Waals surface area contributed by atoms with Crippen molar-refractivity contribution in [3.63, 3.8) is 0 Å². The average molecular weight is 297 g/mol. The first-order valence-corrected chi connectivity index (χ1v) is 7.61. The monoisotopic (exact) mass is 297 g/mol. The lowest BCUT2D eigenvalue weighted by atomic mass is 10.1. The molecule has 2 aromatic rings. The number of carbonyl (C=O) groups excluding carboxylic acids is 1. The standard InChI is InChI=1S/C19H23NO2/c1-16(22-17(2)21)13-20(14-18-9-5-3-6-10-18)15-19-11-7-4-8-12-19/h3-12,16H,13-15H2,1-2H3/t16-/m1/s1. The van der Waals surface area contributed by atoms with Crippen molar-refractivity contribution in [1.29, 1.82) is 0 Å². The van der Waals surface area contributed by atoms with Crippen LogP contribution in [0.5, 0.6) is 0 Å². The van der Waals surface area contributed by atoms with Crippen molar-refractivity contribution in [3.05, 3.63) is 71.8 Å². The van der Waals surface area contributed by atoms with Gasteiger partial charge in [0.1, 0.15) is 6.10 Å². The minimum atomic E-state index is -0.230. The molecule has 2 aromatic carbocycles. The Morgan fingerprint density at radius 3 is 1.82 bits per heavy atom. The number of nitrogens with zero attached hydrogens (tertiary/aromatic N) is 1. The second-order valence-electron chi connectivity index (χ2n) is 5.56. The maximum atomic E-state index is 11.1. The zero-order valence-electron chi connectivity index (χ0n) is 13.2. The lowest BCUT2D eigenvalue weighted by molar-refractivity contribution is -0.146. The van der Waals surface area contributed by atoms with Crippen LogP contribution in [-0.4, -0.2) is 23.5 Å². The highest BCUT2D eigenvalue weighted by molar-refractivity contribution is 5.66. The first kappa shape index (κ1) is 16.2. The van der Waals surface area contributed by atoms with Crippen molar-refractivity contribution in [1.82, 2.24) is 4.90 Å². The molecule has 0 fully saturated rings. The first-order valence-electron chi connectivity index (χ1n) is 7.61. The van der Waals surface area contributed by atoms with Gasteiger partial charge in [0, 0.05) is 26.6 Å². The second kappa shape index (κ2) is 8.35. The molecule has 0 heterocycles. The van der Waals surface area contributed by atoms with E-state index in [1.807, 2.05) is 43.3 Å². The van der Waals surface area contributed by atoms with E-state index in [0.717, 1.165) is 13.1 Å². The van der Waals surface area contributed by atoms with E-state index in [-0.39, 0.29) is 12.1 Å². The third-order valence-electron chi connectivity index (χ3n) is 3.38.